The molecular weight excluding hydrogens is 279 g/mol. The van der Waals surface area contributed by atoms with Crippen LogP contribution >= 0.6 is 8.58 Å². The summed E-state index contributed by atoms with van der Waals surface area (Å²) in [6.45, 7) is 4.49. The summed E-state index contributed by atoms with van der Waals surface area (Å²) in [5.41, 5.74) is 3.62. The smallest absolute Gasteiger partial charge is 0.214 e. The molecule has 1 aliphatic heterocycles. The fourth-order valence-corrected chi connectivity index (χ4v) is 4.42. The molecule has 0 radical (unpaired) electrons. The highest BCUT2D eigenvalue weighted by molar-refractivity contribution is 7.47. The lowest BCUT2D eigenvalue weighted by atomic mass is 10.1. The zero-order chi connectivity index (χ0) is 14.4. The van der Waals surface area contributed by atoms with Crippen molar-refractivity contribution in [3.63, 3.8) is 0 Å². The van der Waals surface area contributed by atoms with Crippen LogP contribution in [0.25, 0.3) is 16.4 Å². The minimum absolute atomic E-state index is 0.342. The van der Waals surface area contributed by atoms with Gasteiger partial charge in [0.25, 0.3) is 0 Å². The van der Waals surface area contributed by atoms with Gasteiger partial charge in [-0.2, -0.15) is 4.57 Å². The van der Waals surface area contributed by atoms with E-state index in [-0.39, 0.29) is 0 Å². The van der Waals surface area contributed by atoms with Crippen molar-refractivity contribution in [1.82, 2.24) is 14.8 Å². The van der Waals surface area contributed by atoms with Gasteiger partial charge < -0.3 is 0 Å². The number of fused-ring (bicyclic) bond motifs is 3. The molecule has 0 bridgehead atoms. The van der Waals surface area contributed by atoms with E-state index in [1.54, 1.807) is 0 Å². The van der Waals surface area contributed by atoms with Gasteiger partial charge in [0.05, 0.1) is 11.1 Å². The first-order valence-corrected chi connectivity index (χ1v) is 8.92. The van der Waals surface area contributed by atoms with Crippen LogP contribution < -0.4 is 4.57 Å². The first kappa shape index (κ1) is 13.1. The fraction of sp³-hybridized carbons (Fsp3) is 0.438. The van der Waals surface area contributed by atoms with Crippen LogP contribution in [0.3, 0.4) is 0 Å². The van der Waals surface area contributed by atoms with Crippen LogP contribution in [-0.2, 0) is 11.7 Å². The highest BCUT2D eigenvalue weighted by atomic mass is 31.1. The second-order valence-electron chi connectivity index (χ2n) is 5.82. The van der Waals surface area contributed by atoms with Gasteiger partial charge in [-0.15, -0.1) is 5.10 Å². The maximum Gasteiger partial charge on any atom is 0.241 e. The Balaban J connectivity index is 2.10. The van der Waals surface area contributed by atoms with E-state index in [1.165, 1.54) is 29.0 Å². The largest absolute Gasteiger partial charge is 0.241 e. The minimum atomic E-state index is 0.342. The first-order chi connectivity index (χ1) is 10.3. The SMILES string of the molecule is CCCc1nnn2ccc3ccc[n+](C4(CC)CP4)c3c12. The number of hydrogen-bond donors (Lipinski definition) is 0. The molecule has 1 fully saturated rings. The van der Waals surface area contributed by atoms with Gasteiger partial charge in [-0.3, -0.25) is 0 Å². The molecule has 4 rings (SSSR count). The lowest BCUT2D eigenvalue weighted by Crippen LogP contribution is -2.46. The summed E-state index contributed by atoms with van der Waals surface area (Å²) in [7, 11) is 1.03. The van der Waals surface area contributed by atoms with Crippen molar-refractivity contribution in [2.45, 2.75) is 38.4 Å². The normalized spacial score (nSPS) is 22.4. The Labute approximate surface area is 126 Å². The lowest BCUT2D eigenvalue weighted by molar-refractivity contribution is -0.700. The highest BCUT2D eigenvalue weighted by Gasteiger charge is 2.52. The summed E-state index contributed by atoms with van der Waals surface area (Å²) in [6.07, 6.45) is 8.85. The van der Waals surface area contributed by atoms with Crippen LogP contribution in [0.15, 0.2) is 30.6 Å². The summed E-state index contributed by atoms with van der Waals surface area (Å²) in [5.74, 6) is 0. The van der Waals surface area contributed by atoms with Crippen LogP contribution in [0.4, 0.5) is 0 Å². The molecule has 0 N–H and O–H groups in total. The van der Waals surface area contributed by atoms with E-state index < -0.39 is 0 Å². The van der Waals surface area contributed by atoms with Crippen LogP contribution in [0.2, 0.25) is 0 Å². The van der Waals surface area contributed by atoms with E-state index in [4.69, 9.17) is 0 Å². The molecule has 108 valence electrons. The summed E-state index contributed by atoms with van der Waals surface area (Å²) < 4.78 is 4.44. The topological polar surface area (TPSA) is 34.1 Å². The van der Waals surface area contributed by atoms with Gasteiger partial charge in [-0.1, -0.05) is 25.5 Å². The van der Waals surface area contributed by atoms with Crippen molar-refractivity contribution in [3.05, 3.63) is 36.3 Å². The molecule has 1 saturated heterocycles. The summed E-state index contributed by atoms with van der Waals surface area (Å²) in [5, 5.41) is 10.3. The van der Waals surface area contributed by atoms with Crippen LogP contribution in [0.1, 0.15) is 32.4 Å². The maximum absolute atomic E-state index is 4.41. The highest BCUT2D eigenvalue weighted by Crippen LogP contribution is 2.55. The molecule has 3 aromatic rings. The Kier molecular flexibility index (Phi) is 2.97. The molecule has 21 heavy (non-hydrogen) atoms. The average molecular weight is 299 g/mol. The molecule has 0 saturated carbocycles. The molecule has 1 aliphatic rings. The van der Waals surface area contributed by atoms with Gasteiger partial charge in [0.1, 0.15) is 0 Å². The number of hydrogen-bond acceptors (Lipinski definition) is 2. The third kappa shape index (κ3) is 1.89. The van der Waals surface area contributed by atoms with E-state index in [0.29, 0.717) is 5.28 Å². The van der Waals surface area contributed by atoms with Gasteiger partial charge in [0.2, 0.25) is 5.52 Å². The Morgan fingerprint density at radius 2 is 2.24 bits per heavy atom. The number of aryl methyl sites for hydroxylation is 1. The molecular formula is C16H20N4P+. The molecule has 0 aromatic carbocycles. The third-order valence-electron chi connectivity index (χ3n) is 4.53. The van der Waals surface area contributed by atoms with Crippen molar-refractivity contribution in [1.29, 1.82) is 0 Å². The number of pyridine rings is 2. The summed E-state index contributed by atoms with van der Waals surface area (Å²) >= 11 is 0. The first-order valence-electron chi connectivity index (χ1n) is 7.72. The Morgan fingerprint density at radius 1 is 1.38 bits per heavy atom. The number of nitrogens with zero attached hydrogens (tertiary/aromatic N) is 4. The summed E-state index contributed by atoms with van der Waals surface area (Å²) in [4.78, 5) is 0. The molecule has 2 unspecified atom stereocenters. The van der Waals surface area contributed by atoms with Crippen molar-refractivity contribution < 1.29 is 4.57 Å². The van der Waals surface area contributed by atoms with E-state index in [2.05, 4.69) is 53.1 Å². The summed E-state index contributed by atoms with van der Waals surface area (Å²) in [6, 6.07) is 6.52. The lowest BCUT2D eigenvalue weighted by Gasteiger charge is -2.10. The van der Waals surface area contributed by atoms with Crippen LogP contribution in [0.5, 0.6) is 0 Å². The molecule has 0 aliphatic carbocycles. The van der Waals surface area contributed by atoms with Gasteiger partial charge in [0, 0.05) is 24.8 Å². The molecule has 2 atom stereocenters. The van der Waals surface area contributed by atoms with Gasteiger partial charge in [-0.25, -0.2) is 4.52 Å². The Morgan fingerprint density at radius 3 is 2.95 bits per heavy atom. The van der Waals surface area contributed by atoms with Crippen LogP contribution in [-0.4, -0.2) is 21.0 Å². The van der Waals surface area contributed by atoms with Crippen molar-refractivity contribution in [3.8, 4) is 0 Å². The monoisotopic (exact) mass is 299 g/mol. The van der Waals surface area contributed by atoms with Crippen molar-refractivity contribution in [2.24, 2.45) is 0 Å². The fourth-order valence-electron chi connectivity index (χ4n) is 3.19. The zero-order valence-corrected chi connectivity index (χ0v) is 13.5. The number of aromatic nitrogens is 4. The van der Waals surface area contributed by atoms with Crippen LogP contribution in [0, 0.1) is 0 Å². The van der Waals surface area contributed by atoms with E-state index in [0.717, 1.165) is 27.1 Å². The molecule has 3 aromatic heterocycles. The van der Waals surface area contributed by atoms with Crippen molar-refractivity contribution in [2.75, 3.05) is 6.16 Å². The van der Waals surface area contributed by atoms with Gasteiger partial charge in [-0.05, 0) is 27.1 Å². The van der Waals surface area contributed by atoms with E-state index >= 15 is 0 Å². The second-order valence-corrected chi connectivity index (χ2v) is 7.45. The van der Waals surface area contributed by atoms with E-state index in [1.807, 2.05) is 10.7 Å². The predicted molar refractivity (Wildman–Crippen MR) is 86.1 cm³/mol. The quantitative estimate of drug-likeness (QED) is 0.548. The molecule has 4 nitrogen and oxygen atoms in total. The van der Waals surface area contributed by atoms with Gasteiger partial charge in [0.15, 0.2) is 17.0 Å². The number of rotatable bonds is 4. The Bertz CT molecular complexity index is 820. The zero-order valence-electron chi connectivity index (χ0n) is 12.5. The van der Waals surface area contributed by atoms with E-state index in [9.17, 15) is 0 Å². The predicted octanol–water partition coefficient (Wildman–Crippen LogP) is 2.88. The average Bonchev–Trinajstić information content (AvgIpc) is 3.22. The standard InChI is InChI=1S/C16H20N4P/c1-3-6-13-15-14-12(8-10-20(15)18-17-13)7-5-9-19(14)16(4-2)11-21-16/h5,7-10,21H,3-4,6,11H2,1-2H3/q+1. The minimum Gasteiger partial charge on any atom is -0.214 e. The molecule has 0 amide bonds. The maximum atomic E-state index is 4.41. The van der Waals surface area contributed by atoms with Gasteiger partial charge >= 0.3 is 0 Å². The molecule has 4 heterocycles. The Hall–Kier alpha value is -1.54. The second kappa shape index (κ2) is 4.74. The van der Waals surface area contributed by atoms with Crippen molar-refractivity contribution >= 4 is 25.0 Å². The molecule has 0 spiro atoms. The molecule has 5 heteroatoms. The third-order valence-corrected chi connectivity index (χ3v) is 6.29.